The Bertz CT molecular complexity index is 893. The summed E-state index contributed by atoms with van der Waals surface area (Å²) in [5.41, 5.74) is 2.19. The van der Waals surface area contributed by atoms with Crippen LogP contribution in [-0.4, -0.2) is 54.2 Å². The Labute approximate surface area is 168 Å². The first-order valence-corrected chi connectivity index (χ1v) is 9.38. The third-order valence-electron chi connectivity index (χ3n) is 4.52. The molecule has 2 aromatic carbocycles. The fraction of sp³-hybridized carbons (Fsp3) is 0.286. The molecule has 1 aliphatic rings. The van der Waals surface area contributed by atoms with Crippen molar-refractivity contribution in [3.05, 3.63) is 59.7 Å². The summed E-state index contributed by atoms with van der Waals surface area (Å²) in [6.07, 6.45) is 0.399. The van der Waals surface area contributed by atoms with Gasteiger partial charge in [-0.2, -0.15) is 0 Å². The van der Waals surface area contributed by atoms with Gasteiger partial charge in [0.2, 0.25) is 0 Å². The number of carbonyl (C=O) groups is 3. The zero-order valence-electron chi connectivity index (χ0n) is 15.9. The van der Waals surface area contributed by atoms with Crippen LogP contribution in [0.4, 0.5) is 16.2 Å². The number of hydrogen-bond donors (Lipinski definition) is 3. The van der Waals surface area contributed by atoms with Gasteiger partial charge in [0.05, 0.1) is 24.5 Å². The molecule has 0 unspecified atom stereocenters. The van der Waals surface area contributed by atoms with Crippen molar-refractivity contribution in [2.24, 2.45) is 0 Å². The molecule has 152 valence electrons. The van der Waals surface area contributed by atoms with E-state index in [0.29, 0.717) is 49.7 Å². The van der Waals surface area contributed by atoms with Gasteiger partial charge in [-0.1, -0.05) is 24.3 Å². The molecule has 1 fully saturated rings. The van der Waals surface area contributed by atoms with E-state index in [1.165, 1.54) is 0 Å². The monoisotopic (exact) mass is 397 g/mol. The van der Waals surface area contributed by atoms with E-state index in [2.05, 4.69) is 10.6 Å². The molecule has 8 nitrogen and oxygen atoms in total. The lowest BCUT2D eigenvalue weighted by molar-refractivity contribution is -0.136. The van der Waals surface area contributed by atoms with E-state index in [-0.39, 0.29) is 12.3 Å². The minimum Gasteiger partial charge on any atom is -0.481 e. The van der Waals surface area contributed by atoms with E-state index in [1.807, 2.05) is 6.07 Å². The molecule has 3 N–H and O–H groups in total. The number of amides is 3. The Morgan fingerprint density at radius 2 is 1.76 bits per heavy atom. The van der Waals surface area contributed by atoms with Gasteiger partial charge < -0.3 is 25.4 Å². The number of hydrogen-bond acceptors (Lipinski definition) is 4. The lowest BCUT2D eigenvalue weighted by Gasteiger charge is -2.27. The molecule has 8 heteroatoms. The topological polar surface area (TPSA) is 108 Å². The van der Waals surface area contributed by atoms with Crippen molar-refractivity contribution in [2.75, 3.05) is 36.9 Å². The number of aryl methyl sites for hydroxylation is 1. The highest BCUT2D eigenvalue weighted by Gasteiger charge is 2.21. The first kappa shape index (κ1) is 20.3. The van der Waals surface area contributed by atoms with Gasteiger partial charge in [-0.05, 0) is 36.2 Å². The standard InChI is InChI=1S/C21H23N3O5/c25-19(26)9-8-15-4-3-5-16(14-15)22-21(28)23-18-7-2-1-6-17(18)20(27)24-10-12-29-13-11-24/h1-7,14H,8-13H2,(H,25,26)(H2,22,23,28). The highest BCUT2D eigenvalue weighted by molar-refractivity contribution is 6.06. The number of carboxylic acid groups (broad SMARTS) is 1. The summed E-state index contributed by atoms with van der Waals surface area (Å²) >= 11 is 0. The second kappa shape index (κ2) is 9.70. The van der Waals surface area contributed by atoms with Crippen LogP contribution in [0.1, 0.15) is 22.3 Å². The van der Waals surface area contributed by atoms with Crippen LogP contribution in [0.2, 0.25) is 0 Å². The average Bonchev–Trinajstić information content (AvgIpc) is 2.73. The maximum Gasteiger partial charge on any atom is 0.323 e. The van der Waals surface area contributed by atoms with E-state index in [1.54, 1.807) is 47.4 Å². The van der Waals surface area contributed by atoms with Crippen molar-refractivity contribution in [3.63, 3.8) is 0 Å². The van der Waals surface area contributed by atoms with E-state index in [4.69, 9.17) is 9.84 Å². The summed E-state index contributed by atoms with van der Waals surface area (Å²) in [4.78, 5) is 37.7. The Balaban J connectivity index is 1.66. The van der Waals surface area contributed by atoms with Gasteiger partial charge in [0, 0.05) is 25.2 Å². The Hall–Kier alpha value is -3.39. The maximum absolute atomic E-state index is 12.8. The second-order valence-corrected chi connectivity index (χ2v) is 6.62. The molecule has 1 saturated heterocycles. The highest BCUT2D eigenvalue weighted by atomic mass is 16.5. The van der Waals surface area contributed by atoms with Gasteiger partial charge in [0.15, 0.2) is 0 Å². The molecule has 1 aliphatic heterocycles. The fourth-order valence-corrected chi connectivity index (χ4v) is 3.06. The molecular formula is C21H23N3O5. The molecular weight excluding hydrogens is 374 g/mol. The highest BCUT2D eigenvalue weighted by Crippen LogP contribution is 2.19. The molecule has 0 spiro atoms. The molecule has 3 rings (SSSR count). The van der Waals surface area contributed by atoms with Gasteiger partial charge in [-0.25, -0.2) is 4.79 Å². The second-order valence-electron chi connectivity index (χ2n) is 6.62. The number of morpholine rings is 1. The summed E-state index contributed by atoms with van der Waals surface area (Å²) in [6, 6.07) is 13.4. The Kier molecular flexibility index (Phi) is 6.80. The summed E-state index contributed by atoms with van der Waals surface area (Å²) in [7, 11) is 0. The smallest absolute Gasteiger partial charge is 0.323 e. The molecule has 2 aromatic rings. The van der Waals surface area contributed by atoms with Crippen LogP contribution in [0.15, 0.2) is 48.5 Å². The Morgan fingerprint density at radius 3 is 2.52 bits per heavy atom. The number of anilines is 2. The molecule has 0 saturated carbocycles. The van der Waals surface area contributed by atoms with Gasteiger partial charge >= 0.3 is 12.0 Å². The van der Waals surface area contributed by atoms with E-state index >= 15 is 0 Å². The molecule has 1 heterocycles. The summed E-state index contributed by atoms with van der Waals surface area (Å²) in [6.45, 7) is 2.03. The van der Waals surface area contributed by atoms with Crippen molar-refractivity contribution in [3.8, 4) is 0 Å². The molecule has 0 bridgehead atoms. The lowest BCUT2D eigenvalue weighted by Crippen LogP contribution is -2.41. The maximum atomic E-state index is 12.8. The van der Waals surface area contributed by atoms with Crippen LogP contribution in [0.5, 0.6) is 0 Å². The van der Waals surface area contributed by atoms with Gasteiger partial charge in [-0.15, -0.1) is 0 Å². The molecule has 0 radical (unpaired) electrons. The zero-order chi connectivity index (χ0) is 20.6. The predicted molar refractivity (Wildman–Crippen MR) is 108 cm³/mol. The van der Waals surface area contributed by atoms with Crippen LogP contribution in [0.25, 0.3) is 0 Å². The quantitative estimate of drug-likeness (QED) is 0.695. The Morgan fingerprint density at radius 1 is 1.00 bits per heavy atom. The fourth-order valence-electron chi connectivity index (χ4n) is 3.06. The normalized spacial score (nSPS) is 13.6. The minimum atomic E-state index is -0.873. The number of carboxylic acids is 1. The van der Waals surface area contributed by atoms with Gasteiger partial charge in [0.1, 0.15) is 0 Å². The van der Waals surface area contributed by atoms with Crippen LogP contribution in [-0.2, 0) is 16.0 Å². The lowest BCUT2D eigenvalue weighted by atomic mass is 10.1. The van der Waals surface area contributed by atoms with Crippen molar-refractivity contribution in [2.45, 2.75) is 12.8 Å². The third kappa shape index (κ3) is 5.79. The van der Waals surface area contributed by atoms with E-state index in [0.717, 1.165) is 5.56 Å². The van der Waals surface area contributed by atoms with Gasteiger partial charge in [0.25, 0.3) is 5.91 Å². The van der Waals surface area contributed by atoms with Crippen LogP contribution in [0.3, 0.4) is 0 Å². The number of rotatable bonds is 6. The van der Waals surface area contributed by atoms with Crippen LogP contribution < -0.4 is 10.6 Å². The minimum absolute atomic E-state index is 0.0205. The first-order valence-electron chi connectivity index (χ1n) is 9.38. The number of urea groups is 1. The van der Waals surface area contributed by atoms with E-state index < -0.39 is 12.0 Å². The van der Waals surface area contributed by atoms with E-state index in [9.17, 15) is 14.4 Å². The third-order valence-corrected chi connectivity index (χ3v) is 4.52. The summed E-state index contributed by atoms with van der Waals surface area (Å²) < 4.78 is 5.28. The van der Waals surface area contributed by atoms with Crippen LogP contribution in [0, 0.1) is 0 Å². The number of carbonyl (C=O) groups excluding carboxylic acids is 2. The molecule has 0 atom stereocenters. The number of nitrogens with zero attached hydrogens (tertiary/aromatic N) is 1. The molecule has 0 aliphatic carbocycles. The van der Waals surface area contributed by atoms with Crippen molar-refractivity contribution >= 4 is 29.3 Å². The number of ether oxygens (including phenoxy) is 1. The van der Waals surface area contributed by atoms with Crippen LogP contribution >= 0.6 is 0 Å². The first-order chi connectivity index (χ1) is 14.0. The number of para-hydroxylation sites is 1. The molecule has 0 aromatic heterocycles. The summed E-state index contributed by atoms with van der Waals surface area (Å²) in [5, 5.41) is 14.2. The summed E-state index contributed by atoms with van der Waals surface area (Å²) in [5.74, 6) is -1.03. The zero-order valence-corrected chi connectivity index (χ0v) is 15.9. The van der Waals surface area contributed by atoms with Crippen molar-refractivity contribution in [1.29, 1.82) is 0 Å². The number of aliphatic carboxylic acids is 1. The largest absolute Gasteiger partial charge is 0.481 e. The molecule has 29 heavy (non-hydrogen) atoms. The van der Waals surface area contributed by atoms with Crippen molar-refractivity contribution in [1.82, 2.24) is 4.90 Å². The molecule has 3 amide bonds. The van der Waals surface area contributed by atoms with Crippen molar-refractivity contribution < 1.29 is 24.2 Å². The number of benzene rings is 2. The average molecular weight is 397 g/mol. The van der Waals surface area contributed by atoms with Gasteiger partial charge in [-0.3, -0.25) is 9.59 Å². The predicted octanol–water partition coefficient (Wildman–Crippen LogP) is 2.82. The SMILES string of the molecule is O=C(O)CCc1cccc(NC(=O)Nc2ccccc2C(=O)N2CCOCC2)c1. The number of nitrogens with one attached hydrogen (secondary N) is 2.